The van der Waals surface area contributed by atoms with Gasteiger partial charge in [-0.2, -0.15) is 0 Å². The molecular formula is C28H26N8O2S2. The van der Waals surface area contributed by atoms with Crippen LogP contribution in [0, 0.1) is 9.54 Å². The van der Waals surface area contributed by atoms with Crippen molar-refractivity contribution in [3.63, 3.8) is 0 Å². The Morgan fingerprint density at radius 3 is 1.48 bits per heavy atom. The molecule has 0 fully saturated rings. The van der Waals surface area contributed by atoms with Crippen LogP contribution in [0.4, 0.5) is 11.4 Å². The van der Waals surface area contributed by atoms with E-state index in [1.807, 2.05) is 52.0 Å². The lowest BCUT2D eigenvalue weighted by Gasteiger charge is -2.11. The maximum atomic E-state index is 11.5. The Labute approximate surface area is 240 Å². The Morgan fingerprint density at radius 2 is 1.10 bits per heavy atom. The first-order chi connectivity index (χ1) is 19.2. The van der Waals surface area contributed by atoms with Crippen LogP contribution in [0.2, 0.25) is 0 Å². The Morgan fingerprint density at radius 1 is 0.700 bits per heavy atom. The molecule has 202 valence electrons. The number of aromatic hydroxyl groups is 2. The molecular weight excluding hydrogens is 544 g/mol. The highest BCUT2D eigenvalue weighted by atomic mass is 32.1. The van der Waals surface area contributed by atoms with Crippen molar-refractivity contribution < 1.29 is 10.2 Å². The molecule has 10 nitrogen and oxygen atoms in total. The van der Waals surface area contributed by atoms with E-state index in [1.54, 1.807) is 55.5 Å². The number of hydrogen-bond donors (Lipinski definition) is 2. The lowest BCUT2D eigenvalue weighted by atomic mass is 10.1. The summed E-state index contributed by atoms with van der Waals surface area (Å²) in [4.78, 5) is 17.9. The summed E-state index contributed by atoms with van der Waals surface area (Å²) in [5.74, 6) is -0.0889. The highest BCUT2D eigenvalue weighted by Crippen LogP contribution is 2.37. The summed E-state index contributed by atoms with van der Waals surface area (Å²) in [6, 6.07) is 7.07. The minimum absolute atomic E-state index is 0.0444. The van der Waals surface area contributed by atoms with Gasteiger partial charge in [0.05, 0.1) is 22.8 Å². The first-order valence-corrected chi connectivity index (χ1v) is 13.6. The Kier molecular flexibility index (Phi) is 6.23. The van der Waals surface area contributed by atoms with Gasteiger partial charge in [0.25, 0.3) is 0 Å². The number of imidazole rings is 2. The third-order valence-electron chi connectivity index (χ3n) is 6.77. The minimum atomic E-state index is -0.164. The van der Waals surface area contributed by atoms with Crippen LogP contribution in [-0.2, 0) is 0 Å². The van der Waals surface area contributed by atoms with E-state index >= 15 is 0 Å². The average molecular weight is 571 g/mol. The Balaban J connectivity index is 1.67. The largest absolute Gasteiger partial charge is 0.493 e. The first-order valence-electron chi connectivity index (χ1n) is 12.7. The quantitative estimate of drug-likeness (QED) is 0.264. The van der Waals surface area contributed by atoms with Crippen LogP contribution in [0.5, 0.6) is 11.8 Å². The lowest BCUT2D eigenvalue weighted by molar-refractivity contribution is 0.397. The van der Waals surface area contributed by atoms with Crippen molar-refractivity contribution in [2.24, 2.45) is 9.98 Å². The number of aliphatic imine (C=N–C) groups is 2. The second-order valence-electron chi connectivity index (χ2n) is 9.99. The van der Waals surface area contributed by atoms with Crippen molar-refractivity contribution in [3.05, 3.63) is 69.0 Å². The van der Waals surface area contributed by atoms with Gasteiger partial charge in [-0.15, -0.1) is 0 Å². The molecule has 0 saturated carbocycles. The van der Waals surface area contributed by atoms with Crippen molar-refractivity contribution in [1.82, 2.24) is 28.5 Å². The van der Waals surface area contributed by atoms with E-state index in [1.165, 1.54) is 0 Å². The molecule has 0 aromatic carbocycles. The molecule has 12 heteroatoms. The standard InChI is InChI=1S/C28H26N8O2S2/c1-15(2)33-25(37)21(11-17-13-31-19-7-5-9-29-23(17)19)35(27(33)39)36-22(26(38)34(16(3)4)28(36)40)12-18-14-32-20-8-6-10-30-24(18)20/h5-16,37-38H,1-4H3. The number of allylic oxidation sites excluding steroid dienone is 2. The van der Waals surface area contributed by atoms with Crippen molar-refractivity contribution in [3.8, 4) is 11.8 Å². The number of nitrogens with zero attached hydrogens (tertiary/aromatic N) is 8. The molecule has 6 heterocycles. The van der Waals surface area contributed by atoms with E-state index in [-0.39, 0.29) is 23.8 Å². The molecule has 0 bridgehead atoms. The van der Waals surface area contributed by atoms with E-state index in [0.29, 0.717) is 43.5 Å². The predicted molar refractivity (Wildman–Crippen MR) is 162 cm³/mol. The zero-order valence-electron chi connectivity index (χ0n) is 22.2. The Hall–Kier alpha value is -4.42. The number of pyridine rings is 2. The van der Waals surface area contributed by atoms with E-state index in [0.717, 1.165) is 11.4 Å². The van der Waals surface area contributed by atoms with Crippen LogP contribution in [-0.4, -0.2) is 51.1 Å². The number of aromatic nitrogens is 6. The molecule has 4 aromatic heterocycles. The van der Waals surface area contributed by atoms with Gasteiger partial charge in [-0.05, 0) is 88.5 Å². The van der Waals surface area contributed by atoms with Gasteiger partial charge >= 0.3 is 0 Å². The van der Waals surface area contributed by atoms with E-state index in [4.69, 9.17) is 24.4 Å². The lowest BCUT2D eigenvalue weighted by Crippen LogP contribution is -2.15. The van der Waals surface area contributed by atoms with Gasteiger partial charge in [0.1, 0.15) is 11.4 Å². The molecule has 6 rings (SSSR count). The summed E-state index contributed by atoms with van der Waals surface area (Å²) in [6.07, 6.45) is 10.4. The van der Waals surface area contributed by atoms with Gasteiger partial charge in [-0.3, -0.25) is 29.1 Å². The molecule has 2 aliphatic rings. The normalized spacial score (nSPS) is 15.8. The van der Waals surface area contributed by atoms with E-state index < -0.39 is 0 Å². The molecule has 2 aliphatic heterocycles. The fourth-order valence-corrected chi connectivity index (χ4v) is 5.90. The maximum Gasteiger partial charge on any atom is 0.220 e. The average Bonchev–Trinajstić information content (AvgIpc) is 3.64. The number of rotatable bonds is 5. The SMILES string of the molecule is CC(C)n1c(O)c(C=C2C=Nc3cccnc32)n(-n2c(C=C3C=Nc4cccnc43)c(O)n(C(C)C)c2=S)c1=S. The van der Waals surface area contributed by atoms with Gasteiger partial charge in [0, 0.05) is 48.1 Å². The maximum absolute atomic E-state index is 11.5. The molecule has 0 aliphatic carbocycles. The third kappa shape index (κ3) is 3.90. The van der Waals surface area contributed by atoms with Crippen molar-refractivity contribution in [2.45, 2.75) is 39.8 Å². The molecule has 0 amide bonds. The molecule has 40 heavy (non-hydrogen) atoms. The molecule has 4 aromatic rings. The van der Waals surface area contributed by atoms with Crippen molar-refractivity contribution in [1.29, 1.82) is 0 Å². The zero-order chi connectivity index (χ0) is 28.3. The topological polar surface area (TPSA) is 111 Å². The highest BCUT2D eigenvalue weighted by molar-refractivity contribution is 7.71. The van der Waals surface area contributed by atoms with Crippen LogP contribution >= 0.6 is 24.4 Å². The summed E-state index contributed by atoms with van der Waals surface area (Å²) in [5.41, 5.74) is 5.00. The summed E-state index contributed by atoms with van der Waals surface area (Å²) < 4.78 is 7.17. The van der Waals surface area contributed by atoms with Crippen LogP contribution in [0.3, 0.4) is 0 Å². The fraction of sp³-hybridized carbons (Fsp3) is 0.214. The second-order valence-corrected chi connectivity index (χ2v) is 10.7. The Bertz CT molecular complexity index is 1790. The van der Waals surface area contributed by atoms with Crippen molar-refractivity contribution in [2.75, 3.05) is 0 Å². The summed E-state index contributed by atoms with van der Waals surface area (Å²) in [7, 11) is 0. The number of hydrogen-bond acceptors (Lipinski definition) is 8. The van der Waals surface area contributed by atoms with Crippen molar-refractivity contribution >= 4 is 71.5 Å². The van der Waals surface area contributed by atoms with Crippen LogP contribution in [0.25, 0.3) is 23.3 Å². The van der Waals surface area contributed by atoms with E-state index in [9.17, 15) is 10.2 Å². The number of fused-ring (bicyclic) bond motifs is 2. The van der Waals surface area contributed by atoms with E-state index in [2.05, 4.69) is 20.0 Å². The molecule has 2 N–H and O–H groups in total. The molecule has 0 radical (unpaired) electrons. The zero-order valence-corrected chi connectivity index (χ0v) is 23.8. The molecule has 0 saturated heterocycles. The first kappa shape index (κ1) is 25.8. The van der Waals surface area contributed by atoms with Gasteiger partial charge in [0.15, 0.2) is 0 Å². The summed E-state index contributed by atoms with van der Waals surface area (Å²) >= 11 is 11.9. The molecule has 0 unspecified atom stereocenters. The molecule has 0 spiro atoms. The fourth-order valence-electron chi connectivity index (χ4n) is 4.95. The highest BCUT2D eigenvalue weighted by Gasteiger charge is 2.27. The smallest absolute Gasteiger partial charge is 0.220 e. The third-order valence-corrected chi connectivity index (χ3v) is 7.51. The summed E-state index contributed by atoms with van der Waals surface area (Å²) in [6.45, 7) is 7.73. The van der Waals surface area contributed by atoms with Gasteiger partial charge in [0.2, 0.25) is 21.3 Å². The summed E-state index contributed by atoms with van der Waals surface area (Å²) in [5, 5.41) is 23.0. The van der Waals surface area contributed by atoms with Gasteiger partial charge < -0.3 is 10.2 Å². The van der Waals surface area contributed by atoms with Crippen LogP contribution < -0.4 is 0 Å². The molecule has 0 atom stereocenters. The van der Waals surface area contributed by atoms with Gasteiger partial charge in [-0.1, -0.05) is 0 Å². The second kappa shape index (κ2) is 9.65. The monoisotopic (exact) mass is 570 g/mol. The van der Waals surface area contributed by atoms with Crippen LogP contribution in [0.15, 0.2) is 46.6 Å². The predicted octanol–water partition coefficient (Wildman–Crippen LogP) is 6.54. The minimum Gasteiger partial charge on any atom is -0.493 e. The van der Waals surface area contributed by atoms with Gasteiger partial charge in [-0.25, -0.2) is 9.35 Å². The van der Waals surface area contributed by atoms with Crippen LogP contribution in [0.1, 0.15) is 62.6 Å².